The summed E-state index contributed by atoms with van der Waals surface area (Å²) in [6.07, 6.45) is 109. The maximum absolute atomic E-state index is 12.9. The largest absolute Gasteiger partial charge is 0.545 e. The number of rotatable bonds is 64. The number of quaternary nitrogens is 1. The molecule has 0 radical (unpaired) electrons. The molecule has 2 atom stereocenters. The highest BCUT2D eigenvalue weighted by molar-refractivity contribution is 5.70. The number of nitrogens with zero attached hydrogens (tertiary/aromatic N) is 1. The summed E-state index contributed by atoms with van der Waals surface area (Å²) in [7, 11) is 5.91. The number of carboxylic acid groups (broad SMARTS) is 1. The molecule has 0 saturated heterocycles. The third kappa shape index (κ3) is 73.1. The number of hydrogen-bond donors (Lipinski definition) is 0. The van der Waals surface area contributed by atoms with E-state index in [1.807, 2.05) is 21.1 Å². The minimum atomic E-state index is -1.64. The van der Waals surface area contributed by atoms with Gasteiger partial charge >= 0.3 is 11.9 Å². The maximum Gasteiger partial charge on any atom is 0.306 e. The lowest BCUT2D eigenvalue weighted by molar-refractivity contribution is -0.870. The Balaban J connectivity index is 4.25. The van der Waals surface area contributed by atoms with Gasteiger partial charge in [0.05, 0.1) is 40.3 Å². The first-order valence-corrected chi connectivity index (χ1v) is 36.2. The van der Waals surface area contributed by atoms with Gasteiger partial charge in [-0.05, 0) is 148 Å². The van der Waals surface area contributed by atoms with Crippen molar-refractivity contribution in [1.82, 2.24) is 0 Å². The third-order valence-corrected chi connectivity index (χ3v) is 14.5. The van der Waals surface area contributed by atoms with Gasteiger partial charge in [0.25, 0.3) is 0 Å². The van der Waals surface area contributed by atoms with Crippen molar-refractivity contribution in [2.45, 2.75) is 257 Å². The second kappa shape index (κ2) is 71.7. The molecule has 0 fully saturated rings. The quantitative estimate of drug-likeness (QED) is 0.0195. The SMILES string of the molecule is CC/C=C\C/C=C\C/C=C\C/C=C\C/C=C\C/C=C\C/C=C\C/C=C\C/C=C\C/C=C\C/C=C\CCCCCCCC(=O)OC(COC(=O)CCCCCCCCCCCC/C=C\C/C=C\C/C=C\C/C=C\C/C=C\C/C=C\CC)COC(OCC[N+](C)(C)C)C(=O)[O-]. The van der Waals surface area contributed by atoms with Crippen molar-refractivity contribution in [1.29, 1.82) is 0 Å². The Morgan fingerprint density at radius 1 is 0.323 bits per heavy atom. The first kappa shape index (κ1) is 86.9. The first-order chi connectivity index (χ1) is 45.6. The Labute approximate surface area is 569 Å². The molecule has 0 saturated carbocycles. The van der Waals surface area contributed by atoms with Crippen LogP contribution in [0, 0.1) is 0 Å². The number of carbonyl (C=O) groups is 3. The Bertz CT molecular complexity index is 2280. The zero-order valence-corrected chi connectivity index (χ0v) is 59.3. The van der Waals surface area contributed by atoms with E-state index in [1.54, 1.807) is 0 Å². The maximum atomic E-state index is 12.9. The van der Waals surface area contributed by atoms with Gasteiger partial charge in [0.2, 0.25) is 0 Å². The molecule has 0 N–H and O–H groups in total. The number of allylic oxidation sites excluding steroid dienone is 34. The van der Waals surface area contributed by atoms with Crippen LogP contribution in [-0.2, 0) is 33.3 Å². The van der Waals surface area contributed by atoms with Crippen LogP contribution in [0.2, 0.25) is 0 Å². The second-order valence-corrected chi connectivity index (χ2v) is 24.4. The zero-order chi connectivity index (χ0) is 67.5. The van der Waals surface area contributed by atoms with Gasteiger partial charge in [-0.25, -0.2) is 0 Å². The third-order valence-electron chi connectivity index (χ3n) is 14.5. The molecule has 0 aliphatic rings. The number of hydrogen-bond acceptors (Lipinski definition) is 8. The Morgan fingerprint density at radius 3 is 0.860 bits per heavy atom. The molecule has 2 unspecified atom stereocenters. The fourth-order valence-electron chi connectivity index (χ4n) is 9.07. The van der Waals surface area contributed by atoms with Crippen molar-refractivity contribution < 1.29 is 42.9 Å². The molecule has 9 nitrogen and oxygen atoms in total. The number of likely N-dealkylation sites (N-methyl/N-ethyl adjacent to an activating group) is 1. The van der Waals surface area contributed by atoms with Crippen molar-refractivity contribution in [2.75, 3.05) is 47.5 Å². The van der Waals surface area contributed by atoms with Gasteiger partial charge in [0.1, 0.15) is 13.2 Å². The van der Waals surface area contributed by atoms with Crippen LogP contribution in [0.25, 0.3) is 0 Å². The summed E-state index contributed by atoms with van der Waals surface area (Å²) in [5.74, 6) is -2.34. The molecule has 0 amide bonds. The van der Waals surface area contributed by atoms with E-state index in [-0.39, 0.29) is 38.6 Å². The lowest BCUT2D eigenvalue weighted by atomic mass is 10.1. The lowest BCUT2D eigenvalue weighted by Gasteiger charge is -2.26. The topological polar surface area (TPSA) is 111 Å². The number of carbonyl (C=O) groups excluding carboxylic acids is 3. The summed E-state index contributed by atoms with van der Waals surface area (Å²) in [5, 5.41) is 11.8. The van der Waals surface area contributed by atoms with Crippen LogP contribution in [0.4, 0.5) is 0 Å². The van der Waals surface area contributed by atoms with Crippen molar-refractivity contribution in [2.24, 2.45) is 0 Å². The molecule has 0 aromatic carbocycles. The van der Waals surface area contributed by atoms with E-state index < -0.39 is 24.3 Å². The van der Waals surface area contributed by atoms with E-state index >= 15 is 0 Å². The Morgan fingerprint density at radius 2 is 0.581 bits per heavy atom. The highest BCUT2D eigenvalue weighted by Gasteiger charge is 2.22. The monoisotopic (exact) mass is 1280 g/mol. The summed E-state index contributed by atoms with van der Waals surface area (Å²) in [5.41, 5.74) is 0. The van der Waals surface area contributed by atoms with Gasteiger partial charge < -0.3 is 33.3 Å². The summed E-state index contributed by atoms with van der Waals surface area (Å²) < 4.78 is 22.8. The average molecular weight is 1280 g/mol. The normalized spacial score (nSPS) is 13.9. The molecule has 0 spiro atoms. The molecule has 0 aliphatic carbocycles. The number of esters is 2. The zero-order valence-electron chi connectivity index (χ0n) is 59.3. The molecular formula is C84H131NO8. The van der Waals surface area contributed by atoms with Gasteiger partial charge in [-0.3, -0.25) is 9.59 Å². The predicted molar refractivity (Wildman–Crippen MR) is 397 cm³/mol. The molecule has 0 aromatic rings. The molecule has 0 rings (SSSR count). The second-order valence-electron chi connectivity index (χ2n) is 24.4. The van der Waals surface area contributed by atoms with Gasteiger partial charge in [-0.15, -0.1) is 0 Å². The summed E-state index contributed by atoms with van der Waals surface area (Å²) >= 11 is 0. The van der Waals surface area contributed by atoms with Crippen molar-refractivity contribution in [3.8, 4) is 0 Å². The van der Waals surface area contributed by atoms with Crippen LogP contribution in [-0.4, -0.2) is 82.3 Å². The molecule has 0 bridgehead atoms. The van der Waals surface area contributed by atoms with Crippen molar-refractivity contribution in [3.63, 3.8) is 0 Å². The van der Waals surface area contributed by atoms with Crippen LogP contribution in [0.15, 0.2) is 207 Å². The minimum Gasteiger partial charge on any atom is -0.545 e. The smallest absolute Gasteiger partial charge is 0.306 e. The fourth-order valence-corrected chi connectivity index (χ4v) is 9.07. The van der Waals surface area contributed by atoms with Crippen LogP contribution in [0.3, 0.4) is 0 Å². The van der Waals surface area contributed by atoms with E-state index in [4.69, 9.17) is 18.9 Å². The van der Waals surface area contributed by atoms with Gasteiger partial charge in [0.15, 0.2) is 12.4 Å². The highest BCUT2D eigenvalue weighted by atomic mass is 16.7. The standard InChI is InChI=1S/C84H131NO8/c1-6-8-10-12-14-16-18-20-22-24-26-28-30-32-34-36-37-38-39-40-41-42-43-44-45-47-49-51-53-55-57-59-61-63-65-67-69-71-73-75-82(87)93-80(79-92-84(83(88)89)90-77-76-85(3,4)5)78-91-81(86)74-72-70-68-66-64-62-60-58-56-54-52-50-48-46-35-33-31-29-27-25-23-21-19-17-15-13-11-9-7-2/h8-11,14-17,20-23,26-29,32-35,37-38,40-41,43-44,47-50,53,55,59,61,80,84H,6-7,12-13,18-19,24-25,30-31,36,39,42,45-46,51-52,54,56-58,60,62-79H2,1-5H3/b10-8-,11-9-,16-14-,17-15-,22-20-,23-21-,28-26-,29-27-,34-32-,35-33-,38-37-,41-40-,44-43-,49-47-,50-48-,55-53-,61-59-. The Hall–Kier alpha value is -6.13. The summed E-state index contributed by atoms with van der Waals surface area (Å²) in [6, 6.07) is 0. The highest BCUT2D eigenvalue weighted by Crippen LogP contribution is 2.15. The molecule has 0 aliphatic heterocycles. The number of ether oxygens (including phenoxy) is 4. The molecule has 93 heavy (non-hydrogen) atoms. The number of carboxylic acids is 1. The number of unbranched alkanes of at least 4 members (excludes halogenated alkanes) is 15. The molecule has 9 heteroatoms. The van der Waals surface area contributed by atoms with Crippen LogP contribution in [0.5, 0.6) is 0 Å². The van der Waals surface area contributed by atoms with E-state index in [0.29, 0.717) is 17.4 Å². The van der Waals surface area contributed by atoms with E-state index in [1.165, 1.54) is 38.5 Å². The molecule has 0 heterocycles. The summed E-state index contributed by atoms with van der Waals surface area (Å²) in [6.45, 7) is 4.47. The first-order valence-electron chi connectivity index (χ1n) is 36.2. The predicted octanol–water partition coefficient (Wildman–Crippen LogP) is 21.8. The van der Waals surface area contributed by atoms with Crippen LogP contribution >= 0.6 is 0 Å². The van der Waals surface area contributed by atoms with Gasteiger partial charge in [0, 0.05) is 12.8 Å². The van der Waals surface area contributed by atoms with Gasteiger partial charge in [-0.1, -0.05) is 291 Å². The van der Waals surface area contributed by atoms with Crippen LogP contribution < -0.4 is 5.11 Å². The van der Waals surface area contributed by atoms with E-state index in [2.05, 4.69) is 220 Å². The molecule has 0 aromatic heterocycles. The van der Waals surface area contributed by atoms with Gasteiger partial charge in [-0.2, -0.15) is 0 Å². The lowest BCUT2D eigenvalue weighted by Crippen LogP contribution is -2.44. The van der Waals surface area contributed by atoms with Crippen molar-refractivity contribution in [3.05, 3.63) is 207 Å². The fraction of sp³-hybridized carbons (Fsp3) is 0.560. The Kier molecular flexibility index (Phi) is 67.0. The molecular weight excluding hydrogens is 1150 g/mol. The molecule has 520 valence electrons. The van der Waals surface area contributed by atoms with Crippen LogP contribution in [0.1, 0.15) is 245 Å². The average Bonchev–Trinajstić information content (AvgIpc) is 3.38. The van der Waals surface area contributed by atoms with E-state index in [0.717, 1.165) is 173 Å². The van der Waals surface area contributed by atoms with Crippen molar-refractivity contribution >= 4 is 17.9 Å². The summed E-state index contributed by atoms with van der Waals surface area (Å²) in [4.78, 5) is 37.5. The van der Waals surface area contributed by atoms with E-state index in [9.17, 15) is 19.5 Å². The minimum absolute atomic E-state index is 0.131. The number of aliphatic carboxylic acids is 1.